The number of aromatic nitrogens is 5. The maximum Gasteiger partial charge on any atom is 0.197 e. The Bertz CT molecular complexity index is 1490. The average Bonchev–Trinajstić information content (AvgIpc) is 3.42. The Labute approximate surface area is 209 Å². The fourth-order valence-electron chi connectivity index (χ4n) is 3.87. The van der Waals surface area contributed by atoms with E-state index in [4.69, 9.17) is 20.8 Å². The Morgan fingerprint density at radius 2 is 1.91 bits per heavy atom. The lowest BCUT2D eigenvalue weighted by molar-refractivity contribution is 0.0817. The van der Waals surface area contributed by atoms with Crippen LogP contribution >= 0.6 is 11.6 Å². The molecule has 0 saturated heterocycles. The van der Waals surface area contributed by atoms with E-state index < -0.39 is 8.07 Å². The third kappa shape index (κ3) is 4.79. The highest BCUT2D eigenvalue weighted by Gasteiger charge is 2.21. The molecule has 0 unspecified atom stereocenters. The molecule has 35 heavy (non-hydrogen) atoms. The first kappa shape index (κ1) is 23.5. The SMILES string of the molecule is Cc1cc(Nc2c(-c3ncccn3)oc3cnccc23)c2cnn(COCC[Si](C)(C)C)c2c1Cl. The second-order valence-electron chi connectivity index (χ2n) is 9.68. The number of fused-ring (bicyclic) bond motifs is 2. The Morgan fingerprint density at radius 1 is 1.11 bits per heavy atom. The van der Waals surface area contributed by atoms with Crippen molar-refractivity contribution in [3.05, 3.63) is 59.8 Å². The van der Waals surface area contributed by atoms with E-state index in [1.807, 2.05) is 29.9 Å². The normalized spacial score (nSPS) is 12.0. The van der Waals surface area contributed by atoms with E-state index in [1.54, 1.807) is 30.9 Å². The van der Waals surface area contributed by atoms with Crippen molar-refractivity contribution in [3.8, 4) is 11.6 Å². The summed E-state index contributed by atoms with van der Waals surface area (Å²) in [4.78, 5) is 13.0. The summed E-state index contributed by atoms with van der Waals surface area (Å²) in [7, 11) is -1.17. The van der Waals surface area contributed by atoms with E-state index in [0.29, 0.717) is 35.5 Å². The van der Waals surface area contributed by atoms with E-state index in [0.717, 1.165) is 39.3 Å². The fourth-order valence-corrected chi connectivity index (χ4v) is 4.88. The Morgan fingerprint density at radius 3 is 2.69 bits per heavy atom. The van der Waals surface area contributed by atoms with Gasteiger partial charge < -0.3 is 14.5 Å². The molecule has 0 bridgehead atoms. The van der Waals surface area contributed by atoms with Crippen LogP contribution in [0.15, 0.2) is 53.6 Å². The number of hydrogen-bond donors (Lipinski definition) is 1. The van der Waals surface area contributed by atoms with Crippen molar-refractivity contribution in [2.24, 2.45) is 0 Å². The van der Waals surface area contributed by atoms with Crippen molar-refractivity contribution in [2.45, 2.75) is 39.3 Å². The highest BCUT2D eigenvalue weighted by atomic mass is 35.5. The predicted octanol–water partition coefficient (Wildman–Crippen LogP) is 6.65. The number of ether oxygens (including phenoxy) is 1. The molecule has 4 heterocycles. The van der Waals surface area contributed by atoms with Crippen LogP contribution in [0.25, 0.3) is 33.5 Å². The summed E-state index contributed by atoms with van der Waals surface area (Å²) < 4.78 is 13.9. The minimum Gasteiger partial charge on any atom is -0.449 e. The van der Waals surface area contributed by atoms with Gasteiger partial charge in [0.15, 0.2) is 17.2 Å². The van der Waals surface area contributed by atoms with Crippen LogP contribution in [-0.2, 0) is 11.5 Å². The number of anilines is 2. The van der Waals surface area contributed by atoms with Gasteiger partial charge in [-0.15, -0.1) is 0 Å². The van der Waals surface area contributed by atoms with Gasteiger partial charge in [-0.25, -0.2) is 14.6 Å². The second-order valence-corrected chi connectivity index (χ2v) is 15.7. The molecule has 4 aromatic heterocycles. The summed E-state index contributed by atoms with van der Waals surface area (Å²) in [6.45, 7) is 10.0. The van der Waals surface area contributed by atoms with E-state index in [-0.39, 0.29) is 0 Å². The molecule has 8 nitrogen and oxygen atoms in total. The van der Waals surface area contributed by atoms with Crippen LogP contribution in [0.4, 0.5) is 11.4 Å². The summed E-state index contributed by atoms with van der Waals surface area (Å²) >= 11 is 6.75. The van der Waals surface area contributed by atoms with Crippen LogP contribution in [0.5, 0.6) is 0 Å². The van der Waals surface area contributed by atoms with E-state index in [1.165, 1.54) is 0 Å². The Balaban J connectivity index is 1.54. The first-order valence-corrected chi connectivity index (χ1v) is 15.5. The first-order chi connectivity index (χ1) is 16.8. The molecule has 0 radical (unpaired) electrons. The molecule has 0 aliphatic heterocycles. The van der Waals surface area contributed by atoms with Crippen molar-refractivity contribution < 1.29 is 9.15 Å². The van der Waals surface area contributed by atoms with Gasteiger partial charge in [0.25, 0.3) is 0 Å². The number of halogens is 1. The lowest BCUT2D eigenvalue weighted by Gasteiger charge is -2.16. The third-order valence-electron chi connectivity index (χ3n) is 5.78. The molecule has 0 atom stereocenters. The molecule has 1 N–H and O–H groups in total. The molecule has 0 amide bonds. The van der Waals surface area contributed by atoms with Crippen LogP contribution in [0.1, 0.15) is 5.56 Å². The van der Waals surface area contributed by atoms with Gasteiger partial charge in [0, 0.05) is 44.0 Å². The van der Waals surface area contributed by atoms with E-state index in [2.05, 4.69) is 45.0 Å². The molecule has 0 fully saturated rings. The Kier molecular flexibility index (Phi) is 6.31. The predicted molar refractivity (Wildman–Crippen MR) is 142 cm³/mol. The molecule has 1 aromatic carbocycles. The molecule has 180 valence electrons. The van der Waals surface area contributed by atoms with Crippen molar-refractivity contribution in [2.75, 3.05) is 11.9 Å². The zero-order chi connectivity index (χ0) is 24.6. The van der Waals surface area contributed by atoms with Gasteiger partial charge in [-0.2, -0.15) is 5.10 Å². The standard InChI is InChI=1S/C25H27ClN6O2Si/c1-16-12-19(18-13-30-32(23(18)21(16)26)15-33-10-11-35(2,3)4)31-22-17-6-9-27-14-20(17)34-24(22)25-28-7-5-8-29-25/h5-9,12-14,31H,10-11,15H2,1-4H3. The molecule has 5 rings (SSSR count). The number of rotatable bonds is 8. The minimum atomic E-state index is -1.17. The van der Waals surface area contributed by atoms with Gasteiger partial charge in [-0.1, -0.05) is 31.2 Å². The van der Waals surface area contributed by atoms with Crippen LogP contribution in [0.3, 0.4) is 0 Å². The molecular weight excluding hydrogens is 480 g/mol. The van der Waals surface area contributed by atoms with Gasteiger partial charge in [0.1, 0.15) is 6.73 Å². The smallest absolute Gasteiger partial charge is 0.197 e. The molecule has 5 aromatic rings. The van der Waals surface area contributed by atoms with Crippen molar-refractivity contribution in [1.29, 1.82) is 0 Å². The highest BCUT2D eigenvalue weighted by Crippen LogP contribution is 2.41. The maximum absolute atomic E-state index is 6.75. The lowest BCUT2D eigenvalue weighted by Crippen LogP contribution is -2.22. The quantitative estimate of drug-likeness (QED) is 0.186. The van der Waals surface area contributed by atoms with Crippen LogP contribution < -0.4 is 5.32 Å². The average molecular weight is 507 g/mol. The summed E-state index contributed by atoms with van der Waals surface area (Å²) in [5.41, 5.74) is 4.01. The van der Waals surface area contributed by atoms with Crippen LogP contribution in [0, 0.1) is 6.92 Å². The zero-order valence-corrected chi connectivity index (χ0v) is 21.9. The van der Waals surface area contributed by atoms with E-state index in [9.17, 15) is 0 Å². The summed E-state index contributed by atoms with van der Waals surface area (Å²) in [6.07, 6.45) is 8.61. The van der Waals surface area contributed by atoms with Gasteiger partial charge in [0.2, 0.25) is 0 Å². The zero-order valence-electron chi connectivity index (χ0n) is 20.2. The number of hydrogen-bond acceptors (Lipinski definition) is 7. The van der Waals surface area contributed by atoms with Crippen LogP contribution in [0.2, 0.25) is 30.7 Å². The molecule has 0 aliphatic rings. The topological polar surface area (TPSA) is 90.9 Å². The number of nitrogens with one attached hydrogen (secondary N) is 1. The maximum atomic E-state index is 6.75. The Hall–Kier alpha value is -3.27. The van der Waals surface area contributed by atoms with Crippen molar-refractivity contribution >= 4 is 52.9 Å². The monoisotopic (exact) mass is 506 g/mol. The minimum absolute atomic E-state index is 0.347. The summed E-state index contributed by atoms with van der Waals surface area (Å²) in [6, 6.07) is 6.79. The van der Waals surface area contributed by atoms with Gasteiger partial charge in [0.05, 0.1) is 34.3 Å². The molecule has 0 saturated carbocycles. The fraction of sp³-hybridized carbons (Fsp3) is 0.280. The largest absolute Gasteiger partial charge is 0.449 e. The number of furan rings is 1. The van der Waals surface area contributed by atoms with Gasteiger partial charge in [-0.05, 0) is 36.7 Å². The van der Waals surface area contributed by atoms with Gasteiger partial charge >= 0.3 is 0 Å². The molecular formula is C25H27ClN6O2Si. The third-order valence-corrected chi connectivity index (χ3v) is 7.96. The molecule has 0 aliphatic carbocycles. The van der Waals surface area contributed by atoms with E-state index >= 15 is 0 Å². The number of benzene rings is 1. The van der Waals surface area contributed by atoms with Crippen LogP contribution in [-0.4, -0.2) is 39.4 Å². The molecule has 0 spiro atoms. The first-order valence-electron chi connectivity index (χ1n) is 11.4. The van der Waals surface area contributed by atoms with Crippen molar-refractivity contribution in [3.63, 3.8) is 0 Å². The number of pyridine rings is 1. The van der Waals surface area contributed by atoms with Gasteiger partial charge in [-0.3, -0.25) is 4.98 Å². The summed E-state index contributed by atoms with van der Waals surface area (Å²) in [5.74, 6) is 1.02. The number of nitrogens with zero attached hydrogens (tertiary/aromatic N) is 5. The molecule has 10 heteroatoms. The number of aryl methyl sites for hydroxylation is 1. The highest BCUT2D eigenvalue weighted by molar-refractivity contribution is 6.76. The lowest BCUT2D eigenvalue weighted by atomic mass is 10.1. The van der Waals surface area contributed by atoms with Crippen molar-refractivity contribution in [1.82, 2.24) is 24.7 Å². The second kappa shape index (κ2) is 9.41. The summed E-state index contributed by atoms with van der Waals surface area (Å²) in [5, 5.41) is 10.6.